The van der Waals surface area contributed by atoms with E-state index in [1.165, 1.54) is 22.3 Å². The zero-order valence-corrected chi connectivity index (χ0v) is 19.3. The Morgan fingerprint density at radius 3 is 1.46 bits per heavy atom. The molecule has 1 saturated heterocycles. The van der Waals surface area contributed by atoms with Crippen molar-refractivity contribution >= 4 is 0 Å². The highest BCUT2D eigenvalue weighted by atomic mass is 15.4. The highest BCUT2D eigenvalue weighted by Crippen LogP contribution is 2.53. The van der Waals surface area contributed by atoms with Crippen molar-refractivity contribution in [2.24, 2.45) is 0 Å². The first kappa shape index (κ1) is 22.4. The lowest BCUT2D eigenvalue weighted by molar-refractivity contribution is 0.427. The number of nitrogens with zero attached hydrogens (tertiary/aromatic N) is 3. The molecule has 35 heavy (non-hydrogen) atoms. The van der Waals surface area contributed by atoms with Crippen LogP contribution in [0.2, 0.25) is 0 Å². The Hall–Kier alpha value is -4.44. The quantitative estimate of drug-likeness (QED) is 0.190. The fourth-order valence-corrected chi connectivity index (χ4v) is 5.37. The van der Waals surface area contributed by atoms with Gasteiger partial charge in [-0.2, -0.15) is 10.5 Å². The van der Waals surface area contributed by atoms with Gasteiger partial charge in [0, 0.05) is 18.6 Å². The van der Waals surface area contributed by atoms with E-state index in [1.807, 2.05) is 42.5 Å². The van der Waals surface area contributed by atoms with Crippen LogP contribution < -0.4 is 0 Å². The maximum absolute atomic E-state index is 9.56. The Kier molecular flexibility index (Phi) is 6.27. The van der Waals surface area contributed by atoms with Crippen molar-refractivity contribution in [2.45, 2.75) is 24.0 Å². The topological polar surface area (TPSA) is 50.6 Å². The van der Waals surface area contributed by atoms with Gasteiger partial charge in [0.05, 0.1) is 5.41 Å². The number of benzene rings is 4. The van der Waals surface area contributed by atoms with Crippen molar-refractivity contribution in [2.75, 3.05) is 0 Å². The van der Waals surface area contributed by atoms with Crippen molar-refractivity contribution in [1.29, 1.82) is 10.5 Å². The molecule has 168 valence electrons. The van der Waals surface area contributed by atoms with Gasteiger partial charge in [-0.3, -0.25) is 4.90 Å². The first-order chi connectivity index (χ1) is 17.3. The summed E-state index contributed by atoms with van der Waals surface area (Å²) in [6.45, 7) is 0.727. The van der Waals surface area contributed by atoms with Gasteiger partial charge in [0.15, 0.2) is 0 Å². The van der Waals surface area contributed by atoms with Crippen molar-refractivity contribution < 1.29 is 0 Å². The van der Waals surface area contributed by atoms with Crippen LogP contribution in [0.5, 0.6) is 0 Å². The first-order valence-corrected chi connectivity index (χ1v) is 11.8. The molecule has 4 aromatic carbocycles. The highest BCUT2D eigenvalue weighted by Gasteiger charge is 2.60. The SMILES string of the molecule is N#CC(C#N)=C[C@H]1C(C(c2ccccc2)(c2ccccc2)c2ccccc2)N1Cc1ccccc1. The zero-order chi connectivity index (χ0) is 24.1. The summed E-state index contributed by atoms with van der Waals surface area (Å²) in [4.78, 5) is 2.40. The van der Waals surface area contributed by atoms with Gasteiger partial charge in [0.1, 0.15) is 17.7 Å². The average molecular weight is 452 g/mol. The van der Waals surface area contributed by atoms with E-state index in [0.717, 1.165) is 6.54 Å². The van der Waals surface area contributed by atoms with Gasteiger partial charge >= 0.3 is 0 Å². The molecule has 0 aromatic heterocycles. The Bertz CT molecular complexity index is 1270. The monoisotopic (exact) mass is 451 g/mol. The third-order valence-corrected chi connectivity index (χ3v) is 6.89. The summed E-state index contributed by atoms with van der Waals surface area (Å²) in [5.41, 5.74) is 4.42. The van der Waals surface area contributed by atoms with Crippen LogP contribution in [0, 0.1) is 22.7 Å². The lowest BCUT2D eigenvalue weighted by Gasteiger charge is -2.36. The lowest BCUT2D eigenvalue weighted by Crippen LogP contribution is -2.38. The van der Waals surface area contributed by atoms with E-state index in [2.05, 4.69) is 102 Å². The van der Waals surface area contributed by atoms with E-state index < -0.39 is 5.41 Å². The normalized spacial score (nSPS) is 18.6. The number of rotatable bonds is 7. The van der Waals surface area contributed by atoms with Gasteiger partial charge in [-0.15, -0.1) is 0 Å². The molecule has 0 radical (unpaired) electrons. The molecule has 1 aliphatic heterocycles. The third kappa shape index (κ3) is 4.15. The van der Waals surface area contributed by atoms with Gasteiger partial charge in [0.25, 0.3) is 0 Å². The van der Waals surface area contributed by atoms with Crippen LogP contribution in [0.25, 0.3) is 0 Å². The van der Waals surface area contributed by atoms with Gasteiger partial charge in [-0.25, -0.2) is 0 Å². The second kappa shape index (κ2) is 9.82. The molecule has 2 unspecified atom stereocenters. The number of nitriles is 2. The Morgan fingerprint density at radius 1 is 0.657 bits per heavy atom. The second-order valence-corrected chi connectivity index (χ2v) is 8.80. The van der Waals surface area contributed by atoms with Gasteiger partial charge in [-0.05, 0) is 28.3 Å². The molecule has 3 nitrogen and oxygen atoms in total. The molecule has 4 aromatic rings. The van der Waals surface area contributed by atoms with E-state index in [-0.39, 0.29) is 17.7 Å². The van der Waals surface area contributed by atoms with E-state index in [9.17, 15) is 10.5 Å². The summed E-state index contributed by atoms with van der Waals surface area (Å²) in [7, 11) is 0. The van der Waals surface area contributed by atoms with Crippen LogP contribution in [0.1, 0.15) is 22.3 Å². The molecule has 3 heteroatoms. The molecule has 0 saturated carbocycles. The van der Waals surface area contributed by atoms with Crippen LogP contribution in [0.15, 0.2) is 133 Å². The maximum atomic E-state index is 9.56. The van der Waals surface area contributed by atoms with Gasteiger partial charge in [-0.1, -0.05) is 121 Å². The summed E-state index contributed by atoms with van der Waals surface area (Å²) in [5.74, 6) is 0. The summed E-state index contributed by atoms with van der Waals surface area (Å²) in [6, 6.07) is 46.2. The minimum absolute atomic E-state index is 0.0200. The van der Waals surface area contributed by atoms with E-state index >= 15 is 0 Å². The van der Waals surface area contributed by atoms with Crippen molar-refractivity contribution in [3.8, 4) is 12.1 Å². The van der Waals surface area contributed by atoms with Crippen LogP contribution in [0.3, 0.4) is 0 Å². The first-order valence-electron chi connectivity index (χ1n) is 11.8. The summed E-state index contributed by atoms with van der Waals surface area (Å²) in [5, 5.41) is 19.1. The minimum Gasteiger partial charge on any atom is -0.285 e. The smallest absolute Gasteiger partial charge is 0.127 e. The average Bonchev–Trinajstić information content (AvgIpc) is 3.61. The predicted molar refractivity (Wildman–Crippen MR) is 138 cm³/mol. The van der Waals surface area contributed by atoms with Crippen LogP contribution in [0.4, 0.5) is 0 Å². The standard InChI is InChI=1S/C32H25N3/c33-22-26(23-34)21-30-31(35(30)24-25-13-5-1-6-14-25)32(27-15-7-2-8-16-27,28-17-9-3-10-18-28)29-19-11-4-12-20-29/h1-21,30-31H,24H2/t30-,31?,35?/m0/s1. The molecule has 0 amide bonds. The molecule has 3 atom stereocenters. The largest absolute Gasteiger partial charge is 0.285 e. The van der Waals surface area contributed by atoms with Crippen molar-refractivity contribution in [3.05, 3.63) is 155 Å². The minimum atomic E-state index is -0.490. The van der Waals surface area contributed by atoms with Crippen LogP contribution >= 0.6 is 0 Å². The summed E-state index contributed by atoms with van der Waals surface area (Å²) >= 11 is 0. The Labute approximate surface area is 206 Å². The van der Waals surface area contributed by atoms with Crippen molar-refractivity contribution in [3.63, 3.8) is 0 Å². The molecule has 0 bridgehead atoms. The lowest BCUT2D eigenvalue weighted by atomic mass is 9.66. The third-order valence-electron chi connectivity index (χ3n) is 6.89. The number of allylic oxidation sites excluding steroid dienone is 1. The molecule has 0 aliphatic carbocycles. The molecular weight excluding hydrogens is 426 g/mol. The molecule has 1 fully saturated rings. The Morgan fingerprint density at radius 2 is 1.06 bits per heavy atom. The highest BCUT2D eigenvalue weighted by molar-refractivity contribution is 5.56. The maximum Gasteiger partial charge on any atom is 0.127 e. The van der Waals surface area contributed by atoms with Crippen molar-refractivity contribution in [1.82, 2.24) is 4.90 Å². The van der Waals surface area contributed by atoms with E-state index in [0.29, 0.717) is 0 Å². The molecular formula is C32H25N3. The van der Waals surface area contributed by atoms with Crippen LogP contribution in [-0.2, 0) is 12.0 Å². The van der Waals surface area contributed by atoms with Gasteiger partial charge < -0.3 is 0 Å². The van der Waals surface area contributed by atoms with E-state index in [4.69, 9.17) is 0 Å². The summed E-state index contributed by atoms with van der Waals surface area (Å²) < 4.78 is 0. The fourth-order valence-electron chi connectivity index (χ4n) is 5.37. The molecule has 0 N–H and O–H groups in total. The Balaban J connectivity index is 1.75. The molecule has 5 rings (SSSR count). The molecule has 1 aliphatic rings. The molecule has 1 heterocycles. The number of hydrogen-bond acceptors (Lipinski definition) is 3. The van der Waals surface area contributed by atoms with Crippen LogP contribution in [-0.4, -0.2) is 17.0 Å². The van der Waals surface area contributed by atoms with E-state index in [1.54, 1.807) is 0 Å². The zero-order valence-electron chi connectivity index (χ0n) is 19.3. The second-order valence-electron chi connectivity index (χ2n) is 8.80. The summed E-state index contributed by atoms with van der Waals surface area (Å²) in [6.07, 6.45) is 1.84. The number of hydrogen-bond donors (Lipinski definition) is 0. The predicted octanol–water partition coefficient (Wildman–Crippen LogP) is 6.25. The molecule has 0 spiro atoms. The fraction of sp³-hybridized carbons (Fsp3) is 0.125. The van der Waals surface area contributed by atoms with Gasteiger partial charge in [0.2, 0.25) is 0 Å².